The van der Waals surface area contributed by atoms with E-state index in [1.165, 1.54) is 20.7 Å². The topological polar surface area (TPSA) is 76.3 Å². The van der Waals surface area contributed by atoms with Crippen LogP contribution in [0.1, 0.15) is 16.7 Å². The Bertz CT molecular complexity index is 2560. The van der Waals surface area contributed by atoms with Crippen molar-refractivity contribution in [2.24, 2.45) is 0 Å². The number of aromatic nitrogens is 1. The minimum absolute atomic E-state index is 0.311. The molecule has 0 aliphatic carbocycles. The molecule has 0 spiro atoms. The zero-order valence-electron chi connectivity index (χ0n) is 27.0. The van der Waals surface area contributed by atoms with Crippen LogP contribution in [-0.2, 0) is 0 Å². The van der Waals surface area contributed by atoms with Crippen molar-refractivity contribution in [3.05, 3.63) is 187 Å². The lowest BCUT2D eigenvalue weighted by Crippen LogP contribution is -2.74. The maximum atomic E-state index is 10.1. The molecule has 0 atom stereocenters. The van der Waals surface area contributed by atoms with Crippen LogP contribution in [0.25, 0.3) is 38.6 Å². The van der Waals surface area contributed by atoms with E-state index in [-0.39, 0.29) is 0 Å². The molecule has 0 radical (unpaired) electrons. The Kier molecular flexibility index (Phi) is 7.63. The van der Waals surface area contributed by atoms with Crippen LogP contribution in [0.3, 0.4) is 0 Å². The maximum Gasteiger partial charge on any atom is 0.179 e. The summed E-state index contributed by atoms with van der Waals surface area (Å²) in [5.74, 6) is 0. The van der Waals surface area contributed by atoms with Gasteiger partial charge < -0.3 is 4.57 Å². The Balaban J connectivity index is 1.40. The molecule has 0 saturated heterocycles. The van der Waals surface area contributed by atoms with Crippen LogP contribution < -0.4 is 20.7 Å². The van der Waals surface area contributed by atoms with Crippen LogP contribution in [0, 0.1) is 34.0 Å². The fraction of sp³-hybridized carbons (Fsp3) is 0. The average molecular weight is 653 g/mol. The number of nitriles is 3. The van der Waals surface area contributed by atoms with Gasteiger partial charge in [0.25, 0.3) is 0 Å². The molecule has 7 aromatic carbocycles. The van der Waals surface area contributed by atoms with E-state index in [1.54, 1.807) is 0 Å². The lowest BCUT2D eigenvalue weighted by Gasteiger charge is -2.34. The van der Waals surface area contributed by atoms with E-state index in [9.17, 15) is 15.8 Å². The molecular formula is C45H28N4Si. The van der Waals surface area contributed by atoms with Crippen molar-refractivity contribution in [3.63, 3.8) is 0 Å². The molecule has 0 aliphatic heterocycles. The van der Waals surface area contributed by atoms with Gasteiger partial charge in [-0.2, -0.15) is 15.8 Å². The molecule has 1 aromatic heterocycles. The maximum absolute atomic E-state index is 10.1. The van der Waals surface area contributed by atoms with E-state index in [4.69, 9.17) is 0 Å². The highest BCUT2D eigenvalue weighted by molar-refractivity contribution is 7.19. The highest BCUT2D eigenvalue weighted by Gasteiger charge is 2.41. The zero-order valence-corrected chi connectivity index (χ0v) is 28.0. The van der Waals surface area contributed by atoms with Gasteiger partial charge in [-0.25, -0.2) is 0 Å². The number of para-hydroxylation sites is 1. The number of rotatable bonds is 6. The normalized spacial score (nSPS) is 11.1. The molecule has 4 nitrogen and oxygen atoms in total. The minimum Gasteiger partial charge on any atom is -0.309 e. The van der Waals surface area contributed by atoms with Gasteiger partial charge >= 0.3 is 0 Å². The summed E-state index contributed by atoms with van der Waals surface area (Å²) in [5, 5.41) is 37.0. The number of hydrogen-bond donors (Lipinski definition) is 0. The molecule has 1 heterocycles. The SMILES string of the molecule is N#Cc1ccc2c(c1)c1ccccc1n2-c1cc(C#N)c(C#N)cc1-c1ccc([Si](c2ccccc2)(c2ccccc2)c2ccccc2)cc1. The molecule has 0 saturated carbocycles. The Morgan fingerprint density at radius 1 is 0.420 bits per heavy atom. The fourth-order valence-electron chi connectivity index (χ4n) is 7.46. The predicted molar refractivity (Wildman–Crippen MR) is 204 cm³/mol. The summed E-state index contributed by atoms with van der Waals surface area (Å²) >= 11 is 0. The fourth-order valence-corrected chi connectivity index (χ4v) is 12.2. The van der Waals surface area contributed by atoms with E-state index < -0.39 is 8.07 Å². The third kappa shape index (κ3) is 4.80. The standard InChI is InChI=1S/C45H28N4Si/c46-29-32-20-25-44-42(26-32)40-18-10-11-19-43(40)49(44)45-28-35(31-48)34(30-47)27-41(45)33-21-23-39(24-22-33)50(36-12-4-1-5-13-36,37-14-6-2-7-15-37)38-16-8-3-9-17-38/h1-28H. The van der Waals surface area contributed by atoms with Crippen LogP contribution in [0.15, 0.2) is 170 Å². The van der Waals surface area contributed by atoms with E-state index in [0.717, 1.165) is 38.6 Å². The van der Waals surface area contributed by atoms with E-state index in [1.807, 2.05) is 42.5 Å². The molecule has 0 bridgehead atoms. The Morgan fingerprint density at radius 3 is 1.48 bits per heavy atom. The van der Waals surface area contributed by atoms with Crippen molar-refractivity contribution < 1.29 is 0 Å². The highest BCUT2D eigenvalue weighted by Crippen LogP contribution is 2.37. The van der Waals surface area contributed by atoms with Crippen LogP contribution in [0.5, 0.6) is 0 Å². The summed E-state index contributed by atoms with van der Waals surface area (Å²) in [6.07, 6.45) is 0. The van der Waals surface area contributed by atoms with Crippen molar-refractivity contribution in [1.82, 2.24) is 4.57 Å². The number of benzene rings is 7. The summed E-state index contributed by atoms with van der Waals surface area (Å²) < 4.78 is 2.15. The first-order valence-corrected chi connectivity index (χ1v) is 18.4. The number of nitrogens with zero attached hydrogens (tertiary/aromatic N) is 4. The number of hydrogen-bond acceptors (Lipinski definition) is 3. The van der Waals surface area contributed by atoms with Gasteiger partial charge in [-0.15, -0.1) is 0 Å². The van der Waals surface area contributed by atoms with Gasteiger partial charge in [-0.1, -0.05) is 133 Å². The Labute approximate surface area is 291 Å². The first kappa shape index (κ1) is 30.4. The van der Waals surface area contributed by atoms with Crippen LogP contribution in [0.4, 0.5) is 0 Å². The molecule has 5 heteroatoms. The summed E-state index contributed by atoms with van der Waals surface area (Å²) in [7, 11) is -2.73. The summed E-state index contributed by atoms with van der Waals surface area (Å²) in [5.41, 5.74) is 5.65. The molecular weight excluding hydrogens is 625 g/mol. The van der Waals surface area contributed by atoms with Crippen molar-refractivity contribution in [1.29, 1.82) is 15.8 Å². The van der Waals surface area contributed by atoms with Crippen LogP contribution in [0.2, 0.25) is 0 Å². The molecule has 0 N–H and O–H groups in total. The van der Waals surface area contributed by atoms with Gasteiger partial charge in [0.2, 0.25) is 0 Å². The monoisotopic (exact) mass is 652 g/mol. The van der Waals surface area contributed by atoms with Crippen molar-refractivity contribution >= 4 is 50.6 Å². The zero-order chi connectivity index (χ0) is 34.1. The highest BCUT2D eigenvalue weighted by atomic mass is 28.3. The predicted octanol–water partition coefficient (Wildman–Crippen LogP) is 7.44. The number of fused-ring (bicyclic) bond motifs is 3. The molecule has 50 heavy (non-hydrogen) atoms. The summed E-state index contributed by atoms with van der Waals surface area (Å²) in [4.78, 5) is 0. The van der Waals surface area contributed by atoms with Crippen molar-refractivity contribution in [3.8, 4) is 35.0 Å². The van der Waals surface area contributed by atoms with Gasteiger partial charge in [0.1, 0.15) is 12.1 Å². The largest absolute Gasteiger partial charge is 0.309 e. The first-order valence-electron chi connectivity index (χ1n) is 16.4. The molecule has 232 valence electrons. The Hall–Kier alpha value is -6.97. The van der Waals surface area contributed by atoms with Crippen LogP contribution >= 0.6 is 0 Å². The average Bonchev–Trinajstić information content (AvgIpc) is 3.52. The lowest BCUT2D eigenvalue weighted by atomic mass is 9.97. The summed E-state index contributed by atoms with van der Waals surface area (Å²) in [6, 6.07) is 65.4. The molecule has 8 rings (SSSR count). The van der Waals surface area contributed by atoms with Gasteiger partial charge in [-0.3, -0.25) is 0 Å². The third-order valence-corrected chi connectivity index (χ3v) is 14.5. The molecule has 0 unspecified atom stereocenters. The van der Waals surface area contributed by atoms with Gasteiger partial charge in [0.15, 0.2) is 8.07 Å². The van der Waals surface area contributed by atoms with E-state index >= 15 is 0 Å². The third-order valence-electron chi connectivity index (χ3n) is 9.67. The smallest absolute Gasteiger partial charge is 0.179 e. The quantitative estimate of drug-likeness (QED) is 0.138. The minimum atomic E-state index is -2.73. The second-order valence-corrected chi connectivity index (χ2v) is 16.1. The molecule has 0 aliphatic rings. The van der Waals surface area contributed by atoms with Crippen molar-refractivity contribution in [2.45, 2.75) is 0 Å². The van der Waals surface area contributed by atoms with Gasteiger partial charge in [-0.05, 0) is 62.7 Å². The lowest BCUT2D eigenvalue weighted by molar-refractivity contribution is 1.17. The molecule has 0 amide bonds. The Morgan fingerprint density at radius 2 is 0.920 bits per heavy atom. The molecule has 0 fully saturated rings. The molecule has 8 aromatic rings. The van der Waals surface area contributed by atoms with Crippen molar-refractivity contribution in [2.75, 3.05) is 0 Å². The van der Waals surface area contributed by atoms with Crippen LogP contribution in [-0.4, -0.2) is 12.6 Å². The second-order valence-electron chi connectivity index (χ2n) is 12.3. The second kappa shape index (κ2) is 12.6. The first-order chi connectivity index (χ1) is 24.7. The van der Waals surface area contributed by atoms with E-state index in [0.29, 0.717) is 16.7 Å². The van der Waals surface area contributed by atoms with Gasteiger partial charge in [0.05, 0.1) is 39.5 Å². The summed E-state index contributed by atoms with van der Waals surface area (Å²) in [6.45, 7) is 0. The van der Waals surface area contributed by atoms with E-state index in [2.05, 4.69) is 150 Å². The van der Waals surface area contributed by atoms with Gasteiger partial charge in [0, 0.05) is 16.3 Å².